The van der Waals surface area contributed by atoms with Crippen LogP contribution in [0.3, 0.4) is 0 Å². The van der Waals surface area contributed by atoms with E-state index in [-0.39, 0.29) is 17.7 Å². The highest BCUT2D eigenvalue weighted by molar-refractivity contribution is 5.83. The topological polar surface area (TPSA) is 69.6 Å². The summed E-state index contributed by atoms with van der Waals surface area (Å²) >= 11 is 0. The number of aliphatic hydroxyl groups excluding tert-OH is 1. The maximum absolute atomic E-state index is 12.7. The third kappa shape index (κ3) is 9.81. The van der Waals surface area contributed by atoms with E-state index in [2.05, 4.69) is 18.4 Å². The quantitative estimate of drug-likeness (QED) is 0.143. The van der Waals surface area contributed by atoms with Crippen LogP contribution in [0.2, 0.25) is 0 Å². The first-order valence-electron chi connectivity index (χ1n) is 14.2. The van der Waals surface area contributed by atoms with E-state index >= 15 is 0 Å². The summed E-state index contributed by atoms with van der Waals surface area (Å²) in [6, 6.07) is 19.7. The second kappa shape index (κ2) is 16.0. The van der Waals surface area contributed by atoms with Gasteiger partial charge in [-0.3, -0.25) is 20.0 Å². The Morgan fingerprint density at radius 1 is 0.973 bits per heavy atom. The highest BCUT2D eigenvalue weighted by atomic mass is 16.3. The molecule has 200 valence electrons. The molecule has 0 aliphatic heterocycles. The molecule has 5 heteroatoms. The zero-order chi connectivity index (χ0) is 26.3. The minimum absolute atomic E-state index is 0.00127. The first-order chi connectivity index (χ1) is 18.1. The van der Waals surface area contributed by atoms with Crippen molar-refractivity contribution in [1.29, 1.82) is 0 Å². The summed E-state index contributed by atoms with van der Waals surface area (Å²) in [5, 5.41) is 12.0. The Hall–Kier alpha value is -2.92. The Kier molecular flexibility index (Phi) is 12.4. The number of anilines is 2. The zero-order valence-corrected chi connectivity index (χ0v) is 22.4. The van der Waals surface area contributed by atoms with Crippen LogP contribution in [0.25, 0.3) is 0 Å². The Morgan fingerprint density at radius 2 is 1.62 bits per heavy atom. The van der Waals surface area contributed by atoms with Gasteiger partial charge >= 0.3 is 0 Å². The van der Waals surface area contributed by atoms with Crippen molar-refractivity contribution in [2.24, 2.45) is 11.8 Å². The van der Waals surface area contributed by atoms with E-state index in [9.17, 15) is 14.7 Å². The molecule has 3 unspecified atom stereocenters. The number of nitrogens with one attached hydrogen (secondary N) is 1. The van der Waals surface area contributed by atoms with Crippen LogP contribution in [-0.2, 0) is 9.59 Å². The van der Waals surface area contributed by atoms with E-state index in [1.54, 1.807) is 0 Å². The van der Waals surface area contributed by atoms with Gasteiger partial charge in [0.1, 0.15) is 5.78 Å². The molecule has 0 aromatic heterocycles. The van der Waals surface area contributed by atoms with Crippen LogP contribution in [0.15, 0.2) is 72.8 Å². The number of amides is 1. The Morgan fingerprint density at radius 3 is 2.27 bits per heavy atom. The molecule has 1 aliphatic rings. The lowest BCUT2D eigenvalue weighted by molar-refractivity contribution is -0.121. The molecule has 1 fully saturated rings. The lowest BCUT2D eigenvalue weighted by Crippen LogP contribution is -2.38. The van der Waals surface area contributed by atoms with Crippen LogP contribution >= 0.6 is 0 Å². The number of nitrogens with zero attached hydrogens (tertiary/aromatic N) is 1. The SMILES string of the molecule is CCCCCC(O)C=CC1CCC(=O)C1CCCCCCC(=O)NN(c1ccccc1)c1ccccc1. The first kappa shape index (κ1) is 28.6. The molecule has 2 aromatic carbocycles. The molecular weight excluding hydrogens is 460 g/mol. The molecule has 0 spiro atoms. The monoisotopic (exact) mass is 504 g/mol. The number of allylic oxidation sites excluding steroid dienone is 1. The second-order valence-electron chi connectivity index (χ2n) is 10.2. The number of hydrogen-bond acceptors (Lipinski definition) is 4. The number of rotatable bonds is 16. The van der Waals surface area contributed by atoms with Crippen LogP contribution in [-0.4, -0.2) is 22.9 Å². The van der Waals surface area contributed by atoms with Crippen LogP contribution in [0.5, 0.6) is 0 Å². The highest BCUT2D eigenvalue weighted by Gasteiger charge is 2.32. The van der Waals surface area contributed by atoms with Crippen molar-refractivity contribution in [3.63, 3.8) is 0 Å². The van der Waals surface area contributed by atoms with E-state index in [0.717, 1.165) is 75.6 Å². The maximum atomic E-state index is 12.7. The Labute approximate surface area is 222 Å². The average molecular weight is 505 g/mol. The van der Waals surface area contributed by atoms with Crippen molar-refractivity contribution >= 4 is 23.1 Å². The summed E-state index contributed by atoms with van der Waals surface area (Å²) < 4.78 is 0. The van der Waals surface area contributed by atoms with Gasteiger partial charge in [0.2, 0.25) is 5.91 Å². The van der Waals surface area contributed by atoms with Gasteiger partial charge < -0.3 is 5.11 Å². The van der Waals surface area contributed by atoms with E-state index in [4.69, 9.17) is 0 Å². The van der Waals surface area contributed by atoms with Crippen molar-refractivity contribution in [2.45, 2.75) is 90.1 Å². The summed E-state index contributed by atoms with van der Waals surface area (Å²) in [5.41, 5.74) is 4.89. The zero-order valence-electron chi connectivity index (χ0n) is 22.4. The fourth-order valence-corrected chi connectivity index (χ4v) is 5.13. The molecule has 5 nitrogen and oxygen atoms in total. The third-order valence-corrected chi connectivity index (χ3v) is 7.27. The van der Waals surface area contributed by atoms with E-state index in [1.807, 2.05) is 71.7 Å². The smallest absolute Gasteiger partial charge is 0.238 e. The van der Waals surface area contributed by atoms with Crippen LogP contribution in [0, 0.1) is 11.8 Å². The predicted octanol–water partition coefficient (Wildman–Crippen LogP) is 7.29. The number of aliphatic hydroxyl groups is 1. The van der Waals surface area contributed by atoms with Gasteiger partial charge in [0.05, 0.1) is 17.5 Å². The van der Waals surface area contributed by atoms with Crippen LogP contribution in [0.4, 0.5) is 11.4 Å². The molecular formula is C32H44N2O3. The fourth-order valence-electron chi connectivity index (χ4n) is 5.13. The second-order valence-corrected chi connectivity index (χ2v) is 10.2. The molecule has 3 atom stereocenters. The van der Waals surface area contributed by atoms with E-state index < -0.39 is 6.10 Å². The highest BCUT2D eigenvalue weighted by Crippen LogP contribution is 2.34. The number of para-hydroxylation sites is 2. The molecule has 37 heavy (non-hydrogen) atoms. The summed E-state index contributed by atoms with van der Waals surface area (Å²) in [6.07, 6.45) is 14.5. The van der Waals surface area contributed by atoms with Crippen LogP contribution in [0.1, 0.15) is 84.0 Å². The Bertz CT molecular complexity index is 921. The van der Waals surface area contributed by atoms with Gasteiger partial charge in [-0.25, -0.2) is 0 Å². The standard InChI is InChI=1S/C32H44N2O3/c1-2-3-8-19-29(35)24-22-26-23-25-31(36)30(26)20-13-4-5-14-21-32(37)33-34(27-15-9-6-10-16-27)28-17-11-7-12-18-28/h6-7,9-12,15-18,22,24,26,29-30,35H,2-5,8,13-14,19-21,23,25H2,1H3,(H,33,37). The maximum Gasteiger partial charge on any atom is 0.238 e. The summed E-state index contributed by atoms with van der Waals surface area (Å²) in [7, 11) is 0. The Balaban J connectivity index is 1.37. The minimum Gasteiger partial charge on any atom is -0.389 e. The molecule has 3 rings (SSSR count). The minimum atomic E-state index is -0.395. The number of unbranched alkanes of at least 4 members (excludes halogenated alkanes) is 5. The molecule has 1 saturated carbocycles. The van der Waals surface area contributed by atoms with Gasteiger partial charge in [0, 0.05) is 18.8 Å². The van der Waals surface area contributed by atoms with E-state index in [0.29, 0.717) is 18.6 Å². The van der Waals surface area contributed by atoms with Gasteiger partial charge in [-0.1, -0.05) is 94.0 Å². The number of benzene rings is 2. The van der Waals surface area contributed by atoms with Crippen LogP contribution < -0.4 is 10.4 Å². The van der Waals surface area contributed by atoms with Crippen molar-refractivity contribution in [3.8, 4) is 0 Å². The lowest BCUT2D eigenvalue weighted by Gasteiger charge is -2.25. The lowest BCUT2D eigenvalue weighted by atomic mass is 9.89. The summed E-state index contributed by atoms with van der Waals surface area (Å²) in [6.45, 7) is 2.16. The average Bonchev–Trinajstić information content (AvgIpc) is 3.28. The molecule has 0 bridgehead atoms. The first-order valence-corrected chi connectivity index (χ1v) is 14.2. The third-order valence-electron chi connectivity index (χ3n) is 7.27. The van der Waals surface area contributed by atoms with Gasteiger partial charge in [-0.2, -0.15) is 0 Å². The van der Waals surface area contributed by atoms with Gasteiger partial charge in [-0.05, 0) is 55.9 Å². The van der Waals surface area contributed by atoms with Gasteiger partial charge in [0.15, 0.2) is 0 Å². The summed E-state index contributed by atoms with van der Waals surface area (Å²) in [4.78, 5) is 25.1. The van der Waals surface area contributed by atoms with Crippen molar-refractivity contribution in [3.05, 3.63) is 72.8 Å². The summed E-state index contributed by atoms with van der Waals surface area (Å²) in [5.74, 6) is 0.728. The predicted molar refractivity (Wildman–Crippen MR) is 151 cm³/mol. The van der Waals surface area contributed by atoms with Crippen molar-refractivity contribution < 1.29 is 14.7 Å². The molecule has 2 aromatic rings. The molecule has 1 amide bonds. The van der Waals surface area contributed by atoms with Gasteiger partial charge in [0.25, 0.3) is 0 Å². The molecule has 0 heterocycles. The molecule has 0 saturated heterocycles. The fraction of sp³-hybridized carbons (Fsp3) is 0.500. The van der Waals surface area contributed by atoms with E-state index in [1.165, 1.54) is 0 Å². The number of hydrogen-bond donors (Lipinski definition) is 2. The number of carbonyl (C=O) groups excluding carboxylic acids is 2. The van der Waals surface area contributed by atoms with Crippen molar-refractivity contribution in [2.75, 3.05) is 5.01 Å². The normalized spacial score (nSPS) is 18.3. The number of carbonyl (C=O) groups is 2. The number of hydrazine groups is 1. The largest absolute Gasteiger partial charge is 0.389 e. The number of ketones is 1. The van der Waals surface area contributed by atoms with Gasteiger partial charge in [-0.15, -0.1) is 0 Å². The van der Waals surface area contributed by atoms with Crippen molar-refractivity contribution in [1.82, 2.24) is 5.43 Å². The molecule has 1 aliphatic carbocycles. The molecule has 0 radical (unpaired) electrons. The molecule has 2 N–H and O–H groups in total. The number of Topliss-reactive ketones (excluding diaryl/α,β-unsaturated/α-hetero) is 1.